The molecule has 0 saturated carbocycles. The van der Waals surface area contributed by atoms with E-state index in [9.17, 15) is 18.0 Å². The van der Waals surface area contributed by atoms with E-state index in [1.807, 2.05) is 0 Å². The van der Waals surface area contributed by atoms with Crippen LogP contribution in [0.3, 0.4) is 0 Å². The Morgan fingerprint density at radius 3 is 2.77 bits per heavy atom. The van der Waals surface area contributed by atoms with Crippen molar-refractivity contribution in [1.29, 1.82) is 0 Å². The van der Waals surface area contributed by atoms with Gasteiger partial charge in [-0.2, -0.15) is 22.9 Å². The molecule has 1 aromatic carbocycles. The van der Waals surface area contributed by atoms with Crippen LogP contribution in [0, 0.1) is 0 Å². The average molecular weight is 377 g/mol. The number of alkyl halides is 3. The highest BCUT2D eigenvalue weighted by Crippen LogP contribution is 2.33. The molecule has 3 aromatic rings. The van der Waals surface area contributed by atoms with Gasteiger partial charge in [-0.15, -0.1) is 11.3 Å². The number of rotatable bonds is 2. The summed E-state index contributed by atoms with van der Waals surface area (Å²) in [7, 11) is 0. The second-order valence-corrected chi connectivity index (χ2v) is 7.20. The van der Waals surface area contributed by atoms with Gasteiger partial charge in [0.25, 0.3) is 5.56 Å². The van der Waals surface area contributed by atoms with Gasteiger partial charge >= 0.3 is 6.18 Å². The summed E-state index contributed by atoms with van der Waals surface area (Å²) >= 11 is 1.52. The Balaban J connectivity index is 1.78. The van der Waals surface area contributed by atoms with Crippen molar-refractivity contribution in [2.24, 2.45) is 5.10 Å². The van der Waals surface area contributed by atoms with E-state index in [-0.39, 0.29) is 11.1 Å². The Labute approximate surface area is 150 Å². The molecule has 0 aliphatic heterocycles. The number of hydrogen-bond acceptors (Lipinski definition) is 4. The number of thiophene rings is 1. The van der Waals surface area contributed by atoms with Gasteiger partial charge in [-0.25, -0.2) is 4.98 Å². The van der Waals surface area contributed by atoms with Crippen LogP contribution in [0.1, 0.15) is 34.4 Å². The monoisotopic (exact) mass is 377 g/mol. The molecule has 134 valence electrons. The molecule has 2 heterocycles. The minimum Gasteiger partial charge on any atom is -0.267 e. The number of nitrogens with zero attached hydrogens (tertiary/aromatic N) is 3. The molecular formula is C18H14F3N3OS. The van der Waals surface area contributed by atoms with Gasteiger partial charge in [0.1, 0.15) is 11.2 Å². The molecule has 0 saturated heterocycles. The molecule has 0 amide bonds. The van der Waals surface area contributed by atoms with Crippen molar-refractivity contribution < 1.29 is 13.2 Å². The molecule has 0 unspecified atom stereocenters. The maximum atomic E-state index is 13.1. The minimum atomic E-state index is -4.48. The van der Waals surface area contributed by atoms with E-state index in [0.29, 0.717) is 10.2 Å². The maximum Gasteiger partial charge on any atom is 0.417 e. The van der Waals surface area contributed by atoms with Gasteiger partial charge in [-0.1, -0.05) is 18.2 Å². The lowest BCUT2D eigenvalue weighted by atomic mass is 9.97. The lowest BCUT2D eigenvalue weighted by Crippen LogP contribution is -2.18. The van der Waals surface area contributed by atoms with Gasteiger partial charge in [0.05, 0.1) is 17.2 Å². The number of hydrogen-bond donors (Lipinski definition) is 0. The fraction of sp³-hybridized carbons (Fsp3) is 0.278. The highest BCUT2D eigenvalue weighted by atomic mass is 32.1. The smallest absolute Gasteiger partial charge is 0.267 e. The van der Waals surface area contributed by atoms with E-state index >= 15 is 0 Å². The topological polar surface area (TPSA) is 47.2 Å². The Morgan fingerprint density at radius 2 is 1.96 bits per heavy atom. The standard InChI is InChI=1S/C18H14F3N3OS/c19-18(20,21)13-7-3-1-5-11(13)9-23-24-10-22-16-15(17(24)25)12-6-2-4-8-14(12)26-16/h1,3,5,7,9-10H,2,4,6,8H2/b23-9-. The number of halogens is 3. The Hall–Kier alpha value is -2.48. The van der Waals surface area contributed by atoms with Crippen LogP contribution in [0.25, 0.3) is 10.2 Å². The first kappa shape index (κ1) is 17.0. The first-order valence-corrected chi connectivity index (χ1v) is 8.99. The minimum absolute atomic E-state index is 0.0978. The van der Waals surface area contributed by atoms with Crippen molar-refractivity contribution in [3.63, 3.8) is 0 Å². The largest absolute Gasteiger partial charge is 0.417 e. The van der Waals surface area contributed by atoms with Crippen molar-refractivity contribution in [2.45, 2.75) is 31.9 Å². The molecule has 1 aliphatic carbocycles. The second kappa shape index (κ2) is 6.35. The van der Waals surface area contributed by atoms with E-state index in [1.54, 1.807) is 0 Å². The van der Waals surface area contributed by atoms with Gasteiger partial charge in [0.15, 0.2) is 0 Å². The van der Waals surface area contributed by atoms with E-state index < -0.39 is 11.7 Å². The summed E-state index contributed by atoms with van der Waals surface area (Å²) in [6.07, 6.45) is 1.72. The fourth-order valence-corrected chi connectivity index (χ4v) is 4.43. The first-order valence-electron chi connectivity index (χ1n) is 8.17. The number of benzene rings is 1. The molecule has 8 heteroatoms. The predicted molar refractivity (Wildman–Crippen MR) is 95.0 cm³/mol. The van der Waals surface area contributed by atoms with E-state index in [2.05, 4.69) is 10.1 Å². The van der Waals surface area contributed by atoms with Crippen molar-refractivity contribution in [3.8, 4) is 0 Å². The van der Waals surface area contributed by atoms with Gasteiger partial charge in [0.2, 0.25) is 0 Å². The second-order valence-electron chi connectivity index (χ2n) is 6.11. The maximum absolute atomic E-state index is 13.1. The zero-order valence-electron chi connectivity index (χ0n) is 13.6. The lowest BCUT2D eigenvalue weighted by Gasteiger charge is -2.10. The van der Waals surface area contributed by atoms with Gasteiger partial charge in [0, 0.05) is 10.4 Å². The number of aryl methyl sites for hydroxylation is 2. The predicted octanol–water partition coefficient (Wildman–Crippen LogP) is 4.24. The molecule has 0 atom stereocenters. The highest BCUT2D eigenvalue weighted by molar-refractivity contribution is 7.18. The van der Waals surface area contributed by atoms with Crippen LogP contribution in [0.5, 0.6) is 0 Å². The normalized spacial score (nSPS) is 14.9. The summed E-state index contributed by atoms with van der Waals surface area (Å²) in [5.41, 5.74) is -0.206. The molecule has 4 rings (SSSR count). The number of aromatic nitrogens is 2. The summed E-state index contributed by atoms with van der Waals surface area (Å²) in [6.45, 7) is 0. The van der Waals surface area contributed by atoms with Crippen LogP contribution in [0.4, 0.5) is 13.2 Å². The van der Waals surface area contributed by atoms with Crippen LogP contribution >= 0.6 is 11.3 Å². The third-order valence-corrected chi connectivity index (χ3v) is 5.65. The molecule has 1 aliphatic rings. The molecule has 0 spiro atoms. The van der Waals surface area contributed by atoms with Crippen LogP contribution in [0.2, 0.25) is 0 Å². The zero-order valence-corrected chi connectivity index (χ0v) is 14.4. The molecule has 0 N–H and O–H groups in total. The van der Waals surface area contributed by atoms with E-state index in [4.69, 9.17) is 0 Å². The third kappa shape index (κ3) is 2.94. The summed E-state index contributed by atoms with van der Waals surface area (Å²) in [5.74, 6) is 0. The number of fused-ring (bicyclic) bond motifs is 3. The zero-order chi connectivity index (χ0) is 18.3. The Morgan fingerprint density at radius 1 is 1.19 bits per heavy atom. The Bertz CT molecular complexity index is 1070. The van der Waals surface area contributed by atoms with Crippen molar-refractivity contribution in [2.75, 3.05) is 0 Å². The molecule has 4 nitrogen and oxygen atoms in total. The van der Waals surface area contributed by atoms with Gasteiger partial charge < -0.3 is 0 Å². The quantitative estimate of drug-likeness (QED) is 0.627. The van der Waals surface area contributed by atoms with Crippen LogP contribution < -0.4 is 5.56 Å². The van der Waals surface area contributed by atoms with Crippen molar-refractivity contribution in [3.05, 3.63) is 62.5 Å². The summed E-state index contributed by atoms with van der Waals surface area (Å²) < 4.78 is 40.2. The molecule has 26 heavy (non-hydrogen) atoms. The highest BCUT2D eigenvalue weighted by Gasteiger charge is 2.32. The van der Waals surface area contributed by atoms with Crippen molar-refractivity contribution >= 4 is 27.8 Å². The summed E-state index contributed by atoms with van der Waals surface area (Å²) in [5, 5.41) is 4.50. The van der Waals surface area contributed by atoms with Crippen molar-refractivity contribution in [1.82, 2.24) is 9.66 Å². The molecular weight excluding hydrogens is 363 g/mol. The van der Waals surface area contributed by atoms with E-state index in [1.165, 1.54) is 40.7 Å². The summed E-state index contributed by atoms with van der Waals surface area (Å²) in [6, 6.07) is 5.12. The molecule has 0 bridgehead atoms. The first-order chi connectivity index (χ1) is 12.4. The Kier molecular flexibility index (Phi) is 4.14. The molecule has 0 fully saturated rings. The molecule has 2 aromatic heterocycles. The SMILES string of the molecule is O=c1c2c3c(sc2ncn1/N=C\c1ccccc1C(F)(F)F)CCCC3. The fourth-order valence-electron chi connectivity index (χ4n) is 3.21. The van der Waals surface area contributed by atoms with Crippen LogP contribution in [-0.2, 0) is 19.0 Å². The van der Waals surface area contributed by atoms with Crippen LogP contribution in [-0.4, -0.2) is 15.9 Å². The average Bonchev–Trinajstić information content (AvgIpc) is 3.00. The third-order valence-electron chi connectivity index (χ3n) is 4.45. The van der Waals surface area contributed by atoms with Crippen LogP contribution in [0.15, 0.2) is 40.5 Å². The van der Waals surface area contributed by atoms with Gasteiger partial charge in [-0.3, -0.25) is 4.79 Å². The summed E-state index contributed by atoms with van der Waals surface area (Å²) in [4.78, 5) is 18.9. The molecule has 0 radical (unpaired) electrons. The van der Waals surface area contributed by atoms with Gasteiger partial charge in [-0.05, 0) is 37.3 Å². The van der Waals surface area contributed by atoms with E-state index in [0.717, 1.165) is 48.2 Å². The lowest BCUT2D eigenvalue weighted by molar-refractivity contribution is -0.137.